The van der Waals surface area contributed by atoms with Crippen LogP contribution in [0.25, 0.3) is 0 Å². The van der Waals surface area contributed by atoms with Crippen LogP contribution in [0.4, 0.5) is 0 Å². The highest BCUT2D eigenvalue weighted by molar-refractivity contribution is 5.70. The summed E-state index contributed by atoms with van der Waals surface area (Å²) in [6, 6.07) is 0.985. The SMILES string of the molecule is CCNC1CC(C(=O)O)CN(C2CC(C)C2)C1. The molecule has 2 atom stereocenters. The maximum atomic E-state index is 11.2. The Hall–Kier alpha value is -0.610. The van der Waals surface area contributed by atoms with Crippen LogP contribution in [0.15, 0.2) is 0 Å². The summed E-state index contributed by atoms with van der Waals surface area (Å²) in [4.78, 5) is 13.6. The van der Waals surface area contributed by atoms with Gasteiger partial charge in [0.15, 0.2) is 0 Å². The third kappa shape index (κ3) is 2.99. The first kappa shape index (κ1) is 12.8. The van der Waals surface area contributed by atoms with Gasteiger partial charge in [-0.1, -0.05) is 13.8 Å². The zero-order valence-corrected chi connectivity index (χ0v) is 10.9. The van der Waals surface area contributed by atoms with E-state index in [1.54, 1.807) is 0 Å². The zero-order chi connectivity index (χ0) is 12.4. The maximum Gasteiger partial charge on any atom is 0.307 e. The number of likely N-dealkylation sites (tertiary alicyclic amines) is 1. The molecule has 2 N–H and O–H groups in total. The molecule has 4 nitrogen and oxygen atoms in total. The highest BCUT2D eigenvalue weighted by Crippen LogP contribution is 2.33. The summed E-state index contributed by atoms with van der Waals surface area (Å²) in [5, 5.41) is 12.6. The summed E-state index contributed by atoms with van der Waals surface area (Å²) >= 11 is 0. The van der Waals surface area contributed by atoms with Crippen LogP contribution in [0.1, 0.15) is 33.1 Å². The highest BCUT2D eigenvalue weighted by Gasteiger charge is 2.38. The minimum atomic E-state index is -0.634. The molecule has 17 heavy (non-hydrogen) atoms. The standard InChI is InChI=1S/C13H24N2O2/c1-3-14-11-6-10(13(16)17)7-15(8-11)12-4-9(2)5-12/h9-12,14H,3-8H2,1-2H3,(H,16,17). The molecule has 0 aromatic carbocycles. The number of piperidine rings is 1. The van der Waals surface area contributed by atoms with Gasteiger partial charge in [-0.3, -0.25) is 9.69 Å². The number of hydrogen-bond acceptors (Lipinski definition) is 3. The Kier molecular flexibility index (Phi) is 4.05. The van der Waals surface area contributed by atoms with Crippen LogP contribution in [0.2, 0.25) is 0 Å². The number of aliphatic carboxylic acids is 1. The molecule has 1 aliphatic heterocycles. The molecule has 0 spiro atoms. The Morgan fingerprint density at radius 2 is 2.06 bits per heavy atom. The Balaban J connectivity index is 1.93. The van der Waals surface area contributed by atoms with Gasteiger partial charge in [-0.15, -0.1) is 0 Å². The van der Waals surface area contributed by atoms with E-state index in [0.717, 1.165) is 32.0 Å². The van der Waals surface area contributed by atoms with Gasteiger partial charge in [0.05, 0.1) is 5.92 Å². The summed E-state index contributed by atoms with van der Waals surface area (Å²) in [5.74, 6) is -0.00327. The topological polar surface area (TPSA) is 52.6 Å². The number of rotatable bonds is 4. The van der Waals surface area contributed by atoms with E-state index >= 15 is 0 Å². The van der Waals surface area contributed by atoms with E-state index in [0.29, 0.717) is 12.1 Å². The van der Waals surface area contributed by atoms with Crippen molar-refractivity contribution in [1.82, 2.24) is 10.2 Å². The largest absolute Gasteiger partial charge is 0.481 e. The van der Waals surface area contributed by atoms with Gasteiger partial charge in [0.1, 0.15) is 0 Å². The van der Waals surface area contributed by atoms with Gasteiger partial charge in [0.25, 0.3) is 0 Å². The molecule has 2 fully saturated rings. The molecule has 0 amide bonds. The van der Waals surface area contributed by atoms with Gasteiger partial charge in [0.2, 0.25) is 0 Å². The van der Waals surface area contributed by atoms with Gasteiger partial charge in [0, 0.05) is 25.2 Å². The van der Waals surface area contributed by atoms with Crippen LogP contribution in [0, 0.1) is 11.8 Å². The highest BCUT2D eigenvalue weighted by atomic mass is 16.4. The maximum absolute atomic E-state index is 11.2. The average Bonchev–Trinajstić information content (AvgIpc) is 2.25. The van der Waals surface area contributed by atoms with Gasteiger partial charge in [-0.05, 0) is 31.7 Å². The number of hydrogen-bond donors (Lipinski definition) is 2. The van der Waals surface area contributed by atoms with Crippen molar-refractivity contribution >= 4 is 5.97 Å². The molecule has 1 aliphatic carbocycles. The van der Waals surface area contributed by atoms with Crippen molar-refractivity contribution < 1.29 is 9.90 Å². The number of nitrogens with zero attached hydrogens (tertiary/aromatic N) is 1. The molecule has 4 heteroatoms. The van der Waals surface area contributed by atoms with Crippen LogP contribution in [0.3, 0.4) is 0 Å². The minimum absolute atomic E-state index is 0.191. The van der Waals surface area contributed by atoms with Crippen LogP contribution in [0.5, 0.6) is 0 Å². The molecule has 0 aromatic heterocycles. The van der Waals surface area contributed by atoms with E-state index in [1.807, 2.05) is 0 Å². The van der Waals surface area contributed by atoms with Crippen molar-refractivity contribution in [3.8, 4) is 0 Å². The molecule has 2 rings (SSSR count). The van der Waals surface area contributed by atoms with E-state index in [1.165, 1.54) is 12.8 Å². The number of carbonyl (C=O) groups is 1. The lowest BCUT2D eigenvalue weighted by Crippen LogP contribution is -2.56. The third-order valence-corrected chi connectivity index (χ3v) is 4.19. The second-order valence-electron chi connectivity index (χ2n) is 5.71. The van der Waals surface area contributed by atoms with Crippen molar-refractivity contribution in [2.24, 2.45) is 11.8 Å². The number of carboxylic acid groups (broad SMARTS) is 1. The Morgan fingerprint density at radius 1 is 1.35 bits per heavy atom. The Labute approximate surface area is 103 Å². The van der Waals surface area contributed by atoms with Crippen molar-refractivity contribution in [2.75, 3.05) is 19.6 Å². The second-order valence-corrected chi connectivity index (χ2v) is 5.71. The summed E-state index contributed by atoms with van der Waals surface area (Å²) < 4.78 is 0. The normalized spacial score (nSPS) is 38.7. The zero-order valence-electron chi connectivity index (χ0n) is 10.9. The van der Waals surface area contributed by atoms with Crippen LogP contribution < -0.4 is 5.32 Å². The van der Waals surface area contributed by atoms with E-state index in [9.17, 15) is 9.90 Å². The molecule has 0 bridgehead atoms. The molecule has 2 unspecified atom stereocenters. The minimum Gasteiger partial charge on any atom is -0.481 e. The van der Waals surface area contributed by atoms with Crippen molar-refractivity contribution in [3.63, 3.8) is 0 Å². The predicted molar refractivity (Wildman–Crippen MR) is 67.0 cm³/mol. The van der Waals surface area contributed by atoms with Crippen LogP contribution in [-0.4, -0.2) is 47.7 Å². The van der Waals surface area contributed by atoms with Gasteiger partial charge < -0.3 is 10.4 Å². The Morgan fingerprint density at radius 3 is 2.59 bits per heavy atom. The lowest BCUT2D eigenvalue weighted by Gasteiger charge is -2.46. The molecular weight excluding hydrogens is 216 g/mol. The smallest absolute Gasteiger partial charge is 0.307 e. The van der Waals surface area contributed by atoms with Crippen molar-refractivity contribution in [2.45, 2.75) is 45.2 Å². The predicted octanol–water partition coefficient (Wildman–Crippen LogP) is 1.17. The second kappa shape index (κ2) is 5.36. The first-order valence-corrected chi connectivity index (χ1v) is 6.80. The number of carboxylic acids is 1. The molecular formula is C13H24N2O2. The molecule has 1 saturated heterocycles. The summed E-state index contributed by atoms with van der Waals surface area (Å²) in [7, 11) is 0. The first-order chi connectivity index (χ1) is 8.10. The fourth-order valence-electron chi connectivity index (χ4n) is 3.20. The monoisotopic (exact) mass is 240 g/mol. The van der Waals surface area contributed by atoms with E-state index < -0.39 is 5.97 Å². The molecule has 2 aliphatic rings. The quantitative estimate of drug-likeness (QED) is 0.774. The molecule has 0 aromatic rings. The van der Waals surface area contributed by atoms with Gasteiger partial charge in [-0.2, -0.15) is 0 Å². The molecule has 1 saturated carbocycles. The summed E-state index contributed by atoms with van der Waals surface area (Å²) in [5.41, 5.74) is 0. The fraction of sp³-hybridized carbons (Fsp3) is 0.923. The Bertz CT molecular complexity index is 277. The third-order valence-electron chi connectivity index (χ3n) is 4.19. The van der Waals surface area contributed by atoms with Crippen molar-refractivity contribution in [3.05, 3.63) is 0 Å². The van der Waals surface area contributed by atoms with Crippen LogP contribution >= 0.6 is 0 Å². The van der Waals surface area contributed by atoms with Gasteiger partial charge >= 0.3 is 5.97 Å². The molecule has 0 radical (unpaired) electrons. The molecule has 1 heterocycles. The van der Waals surface area contributed by atoms with Crippen molar-refractivity contribution in [1.29, 1.82) is 0 Å². The number of likely N-dealkylation sites (N-methyl/N-ethyl adjacent to an activating group) is 1. The van der Waals surface area contributed by atoms with E-state index in [4.69, 9.17) is 0 Å². The van der Waals surface area contributed by atoms with Gasteiger partial charge in [-0.25, -0.2) is 0 Å². The first-order valence-electron chi connectivity index (χ1n) is 6.80. The van der Waals surface area contributed by atoms with E-state index in [2.05, 4.69) is 24.1 Å². The average molecular weight is 240 g/mol. The summed E-state index contributed by atoms with van der Waals surface area (Å²) in [6.45, 7) is 7.05. The fourth-order valence-corrected chi connectivity index (χ4v) is 3.20. The van der Waals surface area contributed by atoms with Crippen LogP contribution in [-0.2, 0) is 4.79 Å². The molecule has 98 valence electrons. The van der Waals surface area contributed by atoms with E-state index in [-0.39, 0.29) is 5.92 Å². The number of nitrogens with one attached hydrogen (secondary N) is 1. The lowest BCUT2D eigenvalue weighted by atomic mass is 9.79. The summed E-state index contributed by atoms with van der Waals surface area (Å²) in [6.07, 6.45) is 3.26. The lowest BCUT2D eigenvalue weighted by molar-refractivity contribution is -0.144.